The SMILES string of the molecule is CCC1CN2CCCC2CN1S(=O)(=O)CC1CCCCO1. The minimum absolute atomic E-state index is 0.0946. The molecule has 5 nitrogen and oxygen atoms in total. The zero-order chi connectivity index (χ0) is 14.9. The van der Waals surface area contributed by atoms with E-state index in [1.54, 1.807) is 4.31 Å². The molecule has 6 heteroatoms. The van der Waals surface area contributed by atoms with E-state index in [1.807, 2.05) is 0 Å². The van der Waals surface area contributed by atoms with Crippen LogP contribution in [0.5, 0.6) is 0 Å². The summed E-state index contributed by atoms with van der Waals surface area (Å²) in [5.41, 5.74) is 0. The van der Waals surface area contributed by atoms with Gasteiger partial charge in [0, 0.05) is 31.8 Å². The first kappa shape index (κ1) is 15.7. The Bertz CT molecular complexity index is 448. The summed E-state index contributed by atoms with van der Waals surface area (Å²) in [5, 5.41) is 0. The third-order valence-electron chi connectivity index (χ3n) is 5.24. The lowest BCUT2D eigenvalue weighted by molar-refractivity contribution is 0.0287. The normalized spacial score (nSPS) is 35.8. The first-order valence-corrected chi connectivity index (χ1v) is 10.1. The first-order chi connectivity index (χ1) is 10.1. The number of rotatable bonds is 4. The predicted molar refractivity (Wildman–Crippen MR) is 82.8 cm³/mol. The van der Waals surface area contributed by atoms with Crippen LogP contribution in [-0.2, 0) is 14.8 Å². The van der Waals surface area contributed by atoms with Gasteiger partial charge in [-0.3, -0.25) is 4.90 Å². The molecule has 0 aromatic carbocycles. The number of piperazine rings is 1. The van der Waals surface area contributed by atoms with Gasteiger partial charge in [-0.15, -0.1) is 0 Å². The van der Waals surface area contributed by atoms with Crippen LogP contribution in [0.15, 0.2) is 0 Å². The molecule has 0 aromatic heterocycles. The molecule has 122 valence electrons. The average Bonchev–Trinajstić information content (AvgIpc) is 2.93. The molecule has 3 aliphatic rings. The molecular formula is C15H28N2O3S. The van der Waals surface area contributed by atoms with Crippen molar-refractivity contribution < 1.29 is 13.2 Å². The molecule has 0 amide bonds. The Morgan fingerprint density at radius 2 is 2.00 bits per heavy atom. The molecule has 3 saturated heterocycles. The summed E-state index contributed by atoms with van der Waals surface area (Å²) in [6.07, 6.45) is 6.20. The smallest absolute Gasteiger partial charge is 0.217 e. The van der Waals surface area contributed by atoms with Crippen LogP contribution in [0.1, 0.15) is 45.4 Å². The Morgan fingerprint density at radius 1 is 1.14 bits per heavy atom. The van der Waals surface area contributed by atoms with Crippen LogP contribution in [-0.4, -0.2) is 67.8 Å². The molecule has 0 aliphatic carbocycles. The Kier molecular flexibility index (Phi) is 4.88. The molecule has 3 unspecified atom stereocenters. The van der Waals surface area contributed by atoms with E-state index < -0.39 is 10.0 Å². The predicted octanol–water partition coefficient (Wildman–Crippen LogP) is 1.44. The maximum atomic E-state index is 12.8. The van der Waals surface area contributed by atoms with Crippen LogP contribution >= 0.6 is 0 Å². The molecule has 0 bridgehead atoms. The van der Waals surface area contributed by atoms with E-state index in [9.17, 15) is 8.42 Å². The highest BCUT2D eigenvalue weighted by Crippen LogP contribution is 2.28. The van der Waals surface area contributed by atoms with Gasteiger partial charge in [0.25, 0.3) is 0 Å². The highest BCUT2D eigenvalue weighted by Gasteiger charge is 2.41. The van der Waals surface area contributed by atoms with Crippen molar-refractivity contribution in [2.24, 2.45) is 0 Å². The van der Waals surface area contributed by atoms with Crippen molar-refractivity contribution >= 4 is 10.0 Å². The fourth-order valence-corrected chi connectivity index (χ4v) is 6.00. The van der Waals surface area contributed by atoms with Gasteiger partial charge in [0.05, 0.1) is 11.9 Å². The lowest BCUT2D eigenvalue weighted by atomic mass is 10.1. The second-order valence-corrected chi connectivity index (χ2v) is 8.66. The summed E-state index contributed by atoms with van der Waals surface area (Å²) < 4.78 is 33.1. The van der Waals surface area contributed by atoms with Gasteiger partial charge in [0.2, 0.25) is 10.0 Å². The lowest BCUT2D eigenvalue weighted by Crippen LogP contribution is -2.58. The summed E-state index contributed by atoms with van der Waals surface area (Å²) in [5.74, 6) is 0.177. The highest BCUT2D eigenvalue weighted by molar-refractivity contribution is 7.89. The third-order valence-corrected chi connectivity index (χ3v) is 7.20. The molecule has 0 saturated carbocycles. The fourth-order valence-electron chi connectivity index (χ4n) is 4.00. The molecular weight excluding hydrogens is 288 g/mol. The van der Waals surface area contributed by atoms with Gasteiger partial charge < -0.3 is 4.74 Å². The average molecular weight is 316 g/mol. The van der Waals surface area contributed by atoms with Crippen LogP contribution in [0, 0.1) is 0 Å². The van der Waals surface area contributed by atoms with E-state index >= 15 is 0 Å². The van der Waals surface area contributed by atoms with Crippen molar-refractivity contribution in [2.75, 3.05) is 32.0 Å². The number of hydrogen-bond acceptors (Lipinski definition) is 4. The van der Waals surface area contributed by atoms with E-state index in [-0.39, 0.29) is 17.9 Å². The van der Waals surface area contributed by atoms with Gasteiger partial charge in [0.1, 0.15) is 0 Å². The van der Waals surface area contributed by atoms with Gasteiger partial charge in [0.15, 0.2) is 0 Å². The molecule has 0 spiro atoms. The van der Waals surface area contributed by atoms with Crippen LogP contribution in [0.4, 0.5) is 0 Å². The molecule has 3 fully saturated rings. The van der Waals surface area contributed by atoms with Crippen LogP contribution < -0.4 is 0 Å². The van der Waals surface area contributed by atoms with E-state index in [2.05, 4.69) is 11.8 Å². The fraction of sp³-hybridized carbons (Fsp3) is 1.00. The summed E-state index contributed by atoms with van der Waals surface area (Å²) in [7, 11) is -3.20. The van der Waals surface area contributed by atoms with Crippen molar-refractivity contribution in [3.8, 4) is 0 Å². The van der Waals surface area contributed by atoms with Crippen LogP contribution in [0.2, 0.25) is 0 Å². The minimum atomic E-state index is -3.20. The molecule has 0 N–H and O–H groups in total. The Balaban J connectivity index is 1.69. The minimum Gasteiger partial charge on any atom is -0.377 e. The number of sulfonamides is 1. The van der Waals surface area contributed by atoms with Gasteiger partial charge in [-0.25, -0.2) is 8.42 Å². The van der Waals surface area contributed by atoms with E-state index in [0.29, 0.717) is 19.2 Å². The largest absolute Gasteiger partial charge is 0.377 e. The van der Waals surface area contributed by atoms with Gasteiger partial charge in [-0.2, -0.15) is 4.31 Å². The molecule has 3 rings (SSSR count). The summed E-state index contributed by atoms with van der Waals surface area (Å²) in [4.78, 5) is 2.48. The maximum absolute atomic E-state index is 12.8. The molecule has 0 aromatic rings. The molecule has 3 aliphatic heterocycles. The van der Waals surface area contributed by atoms with Crippen molar-refractivity contribution in [3.63, 3.8) is 0 Å². The molecule has 21 heavy (non-hydrogen) atoms. The highest BCUT2D eigenvalue weighted by atomic mass is 32.2. The van der Waals surface area contributed by atoms with Gasteiger partial charge >= 0.3 is 0 Å². The maximum Gasteiger partial charge on any atom is 0.217 e. The Hall–Kier alpha value is -0.170. The second kappa shape index (κ2) is 6.52. The summed E-state index contributed by atoms with van der Waals surface area (Å²) >= 11 is 0. The van der Waals surface area contributed by atoms with Crippen molar-refractivity contribution in [3.05, 3.63) is 0 Å². The van der Waals surface area contributed by atoms with E-state index in [1.165, 1.54) is 6.42 Å². The monoisotopic (exact) mass is 316 g/mol. The number of fused-ring (bicyclic) bond motifs is 1. The van der Waals surface area contributed by atoms with E-state index in [4.69, 9.17) is 4.74 Å². The standard InChI is InChI=1S/C15H28N2O3S/c1-2-13-10-16-8-5-6-14(16)11-17(13)21(18,19)12-15-7-3-4-9-20-15/h13-15H,2-12H2,1H3. The quantitative estimate of drug-likeness (QED) is 0.787. The lowest BCUT2D eigenvalue weighted by Gasteiger charge is -2.43. The number of ether oxygens (including phenoxy) is 1. The zero-order valence-corrected chi connectivity index (χ0v) is 13.9. The van der Waals surface area contributed by atoms with Crippen molar-refractivity contribution in [1.82, 2.24) is 9.21 Å². The van der Waals surface area contributed by atoms with Gasteiger partial charge in [-0.05, 0) is 45.1 Å². The first-order valence-electron chi connectivity index (χ1n) is 8.45. The van der Waals surface area contributed by atoms with Gasteiger partial charge in [-0.1, -0.05) is 6.92 Å². The third kappa shape index (κ3) is 3.44. The summed E-state index contributed by atoms with van der Waals surface area (Å²) in [6.45, 7) is 5.55. The van der Waals surface area contributed by atoms with E-state index in [0.717, 1.165) is 45.2 Å². The zero-order valence-electron chi connectivity index (χ0n) is 13.0. The molecule has 3 heterocycles. The molecule has 3 atom stereocenters. The number of nitrogens with zero attached hydrogens (tertiary/aromatic N) is 2. The Morgan fingerprint density at radius 3 is 2.71 bits per heavy atom. The summed E-state index contributed by atoms with van der Waals surface area (Å²) in [6, 6.07) is 0.586. The van der Waals surface area contributed by atoms with Crippen molar-refractivity contribution in [1.29, 1.82) is 0 Å². The van der Waals surface area contributed by atoms with Crippen LogP contribution in [0.3, 0.4) is 0 Å². The van der Waals surface area contributed by atoms with Crippen molar-refractivity contribution in [2.45, 2.75) is 63.6 Å². The topological polar surface area (TPSA) is 49.9 Å². The number of hydrogen-bond donors (Lipinski definition) is 0. The second-order valence-electron chi connectivity index (χ2n) is 6.69. The Labute approximate surface area is 128 Å². The molecule has 0 radical (unpaired) electrons. The van der Waals surface area contributed by atoms with Crippen LogP contribution in [0.25, 0.3) is 0 Å².